The molecule has 0 aromatic rings. The Kier molecular flexibility index (Phi) is 44.7. The van der Waals surface area contributed by atoms with Gasteiger partial charge in [-0.05, 0) is 31.1 Å². The number of hydrogen-bond acceptors (Lipinski definition) is 6. The third-order valence-corrected chi connectivity index (χ3v) is 12.7. The molecule has 350 valence electrons. The zero-order valence-corrected chi connectivity index (χ0v) is 40.4. The summed E-state index contributed by atoms with van der Waals surface area (Å²) in [5.41, 5.74) is 0. The topological polar surface area (TPSA) is 78.9 Å². The highest BCUT2D eigenvalue weighted by Crippen LogP contribution is 2.18. The number of carbonyl (C=O) groups is 3. The lowest BCUT2D eigenvalue weighted by atomic mass is 9.99. The Hall–Kier alpha value is -1.59. The van der Waals surface area contributed by atoms with Gasteiger partial charge in [0, 0.05) is 19.3 Å². The molecule has 0 saturated heterocycles. The molecule has 0 aromatic heterocycles. The predicted octanol–water partition coefficient (Wildman–Crippen LogP) is 16.9. The Morgan fingerprint density at radius 2 is 0.593 bits per heavy atom. The Labute approximate surface area is 368 Å². The van der Waals surface area contributed by atoms with E-state index in [-0.39, 0.29) is 31.1 Å². The van der Waals surface area contributed by atoms with E-state index in [1.54, 1.807) is 0 Å². The highest BCUT2D eigenvalue weighted by atomic mass is 16.6. The number of hydrogen-bond donors (Lipinski definition) is 0. The maximum absolute atomic E-state index is 12.7. The van der Waals surface area contributed by atoms with E-state index in [2.05, 4.69) is 34.6 Å². The second-order valence-corrected chi connectivity index (χ2v) is 18.6. The van der Waals surface area contributed by atoms with E-state index < -0.39 is 6.10 Å². The van der Waals surface area contributed by atoms with E-state index in [1.807, 2.05) is 0 Å². The molecule has 0 amide bonds. The molecule has 6 heteroatoms. The monoisotopic (exact) mass is 835 g/mol. The van der Waals surface area contributed by atoms with Gasteiger partial charge in [-0.3, -0.25) is 14.4 Å². The Bertz CT molecular complexity index is 904. The van der Waals surface area contributed by atoms with Crippen molar-refractivity contribution in [3.05, 3.63) is 0 Å². The SMILES string of the molecule is CCCCCCCCCC(=O)OC[C@@H](COC(=O)CCCCCCCCCCCCCCCCCCCCC(C)CC)OC(=O)CCCCCCCCCCC(C)CC. The van der Waals surface area contributed by atoms with Crippen molar-refractivity contribution in [3.8, 4) is 0 Å². The van der Waals surface area contributed by atoms with Crippen LogP contribution >= 0.6 is 0 Å². The molecule has 6 nitrogen and oxygen atoms in total. The summed E-state index contributed by atoms with van der Waals surface area (Å²) < 4.78 is 16.7. The maximum atomic E-state index is 12.7. The number of esters is 3. The van der Waals surface area contributed by atoms with E-state index >= 15 is 0 Å². The summed E-state index contributed by atoms with van der Waals surface area (Å²) in [6.45, 7) is 11.4. The van der Waals surface area contributed by atoms with Gasteiger partial charge in [-0.15, -0.1) is 0 Å². The van der Waals surface area contributed by atoms with Crippen molar-refractivity contribution in [1.82, 2.24) is 0 Å². The van der Waals surface area contributed by atoms with Crippen molar-refractivity contribution in [1.29, 1.82) is 0 Å². The van der Waals surface area contributed by atoms with E-state index in [0.29, 0.717) is 19.3 Å². The molecule has 59 heavy (non-hydrogen) atoms. The summed E-state index contributed by atoms with van der Waals surface area (Å²) in [5.74, 6) is 0.898. The molecule has 0 aromatic carbocycles. The minimum Gasteiger partial charge on any atom is -0.462 e. The van der Waals surface area contributed by atoms with Gasteiger partial charge in [0.05, 0.1) is 0 Å². The van der Waals surface area contributed by atoms with Crippen LogP contribution in [0, 0.1) is 11.8 Å². The van der Waals surface area contributed by atoms with Crippen molar-refractivity contribution in [2.24, 2.45) is 11.8 Å². The van der Waals surface area contributed by atoms with E-state index in [9.17, 15) is 14.4 Å². The van der Waals surface area contributed by atoms with E-state index in [1.165, 1.54) is 180 Å². The van der Waals surface area contributed by atoms with Crippen LogP contribution in [0.5, 0.6) is 0 Å². The van der Waals surface area contributed by atoms with Crippen LogP contribution in [0.3, 0.4) is 0 Å². The van der Waals surface area contributed by atoms with Gasteiger partial charge >= 0.3 is 17.9 Å². The lowest BCUT2D eigenvalue weighted by molar-refractivity contribution is -0.167. The molecule has 0 bridgehead atoms. The van der Waals surface area contributed by atoms with Crippen LogP contribution in [0.4, 0.5) is 0 Å². The second kappa shape index (κ2) is 45.9. The first-order chi connectivity index (χ1) is 28.8. The smallest absolute Gasteiger partial charge is 0.306 e. The molecule has 0 aliphatic carbocycles. The zero-order chi connectivity index (χ0) is 43.3. The van der Waals surface area contributed by atoms with Gasteiger partial charge in [0.25, 0.3) is 0 Å². The second-order valence-electron chi connectivity index (χ2n) is 18.6. The van der Waals surface area contributed by atoms with Crippen molar-refractivity contribution in [3.63, 3.8) is 0 Å². The fourth-order valence-corrected chi connectivity index (χ4v) is 7.93. The first kappa shape index (κ1) is 57.4. The first-order valence-electron chi connectivity index (χ1n) is 26.3. The quantitative estimate of drug-likeness (QED) is 0.0345. The van der Waals surface area contributed by atoms with Gasteiger partial charge in [0.15, 0.2) is 6.10 Å². The molecule has 0 fully saturated rings. The molecule has 2 unspecified atom stereocenters. The van der Waals surface area contributed by atoms with E-state index in [4.69, 9.17) is 14.2 Å². The van der Waals surface area contributed by atoms with Gasteiger partial charge in [-0.1, -0.05) is 253 Å². The molecule has 0 radical (unpaired) electrons. The maximum Gasteiger partial charge on any atom is 0.306 e. The Morgan fingerprint density at radius 1 is 0.339 bits per heavy atom. The zero-order valence-electron chi connectivity index (χ0n) is 40.4. The van der Waals surface area contributed by atoms with Crippen molar-refractivity contribution >= 4 is 17.9 Å². The van der Waals surface area contributed by atoms with Gasteiger partial charge in [0.1, 0.15) is 13.2 Å². The van der Waals surface area contributed by atoms with Crippen molar-refractivity contribution in [2.75, 3.05) is 13.2 Å². The van der Waals surface area contributed by atoms with Crippen LogP contribution in [-0.2, 0) is 28.6 Å². The normalized spacial score (nSPS) is 13.0. The molecule has 0 aliphatic rings. The van der Waals surface area contributed by atoms with Crippen molar-refractivity contribution < 1.29 is 28.6 Å². The van der Waals surface area contributed by atoms with Gasteiger partial charge in [0.2, 0.25) is 0 Å². The number of unbranched alkanes of at least 4 members (excludes halogenated alkanes) is 30. The largest absolute Gasteiger partial charge is 0.462 e. The van der Waals surface area contributed by atoms with Gasteiger partial charge in [-0.25, -0.2) is 0 Å². The third-order valence-electron chi connectivity index (χ3n) is 12.7. The summed E-state index contributed by atoms with van der Waals surface area (Å²) in [7, 11) is 0. The summed E-state index contributed by atoms with van der Waals surface area (Å²) in [4.78, 5) is 37.8. The molecule has 3 atom stereocenters. The minimum atomic E-state index is -0.760. The van der Waals surface area contributed by atoms with Gasteiger partial charge in [-0.2, -0.15) is 0 Å². The van der Waals surface area contributed by atoms with Crippen molar-refractivity contribution in [2.45, 2.75) is 298 Å². The number of carbonyl (C=O) groups excluding carboxylic acids is 3. The molecule has 0 saturated carbocycles. The van der Waals surface area contributed by atoms with E-state index in [0.717, 1.165) is 69.6 Å². The summed E-state index contributed by atoms with van der Waals surface area (Å²) >= 11 is 0. The van der Waals surface area contributed by atoms with Crippen LogP contribution in [0.25, 0.3) is 0 Å². The molecule has 0 heterocycles. The van der Waals surface area contributed by atoms with Crippen LogP contribution in [0.15, 0.2) is 0 Å². The fourth-order valence-electron chi connectivity index (χ4n) is 7.93. The highest BCUT2D eigenvalue weighted by Gasteiger charge is 2.19. The molecular formula is C53H102O6. The van der Waals surface area contributed by atoms with Crippen LogP contribution in [-0.4, -0.2) is 37.2 Å². The molecular weight excluding hydrogens is 733 g/mol. The summed E-state index contributed by atoms with van der Waals surface area (Å²) in [5, 5.41) is 0. The van der Waals surface area contributed by atoms with Crippen LogP contribution in [0.2, 0.25) is 0 Å². The highest BCUT2D eigenvalue weighted by molar-refractivity contribution is 5.71. The lowest BCUT2D eigenvalue weighted by Gasteiger charge is -2.18. The number of rotatable bonds is 47. The minimum absolute atomic E-state index is 0.0644. The summed E-state index contributed by atoms with van der Waals surface area (Å²) in [6.07, 6.45) is 46.7. The standard InChI is InChI=1S/C53H102O6/c1-6-9-10-11-26-33-38-43-51(54)57-46-50(59-53(56)45-40-35-30-25-24-28-32-37-42-49(5)8-3)47-58-52(55)44-39-34-29-23-21-19-17-15-13-12-14-16-18-20-22-27-31-36-41-48(4)7-2/h48-50H,6-47H2,1-5H3/t48?,49?,50-/m0/s1. The molecule has 0 spiro atoms. The molecule has 0 rings (SSSR count). The third kappa shape index (κ3) is 44.3. The van der Waals surface area contributed by atoms with Crippen LogP contribution in [0.1, 0.15) is 291 Å². The first-order valence-corrected chi connectivity index (χ1v) is 26.3. The molecule has 0 N–H and O–H groups in total. The summed E-state index contributed by atoms with van der Waals surface area (Å²) in [6, 6.07) is 0. The molecule has 0 aliphatic heterocycles. The van der Waals surface area contributed by atoms with Crippen LogP contribution < -0.4 is 0 Å². The average molecular weight is 835 g/mol. The lowest BCUT2D eigenvalue weighted by Crippen LogP contribution is -2.30. The Morgan fingerprint density at radius 3 is 0.881 bits per heavy atom. The number of ether oxygens (including phenoxy) is 3. The average Bonchev–Trinajstić information content (AvgIpc) is 3.23. The predicted molar refractivity (Wildman–Crippen MR) is 252 cm³/mol. The van der Waals surface area contributed by atoms with Gasteiger partial charge < -0.3 is 14.2 Å². The Balaban J connectivity index is 4.11. The fraction of sp³-hybridized carbons (Fsp3) is 0.943.